The van der Waals surface area contributed by atoms with Crippen molar-refractivity contribution in [3.05, 3.63) is 35.9 Å². The fourth-order valence-corrected chi connectivity index (χ4v) is 4.01. The van der Waals surface area contributed by atoms with Gasteiger partial charge in [-0.1, -0.05) is 0 Å². The van der Waals surface area contributed by atoms with Crippen LogP contribution in [0.2, 0.25) is 0 Å². The zero-order valence-corrected chi connectivity index (χ0v) is 19.6. The van der Waals surface area contributed by atoms with Crippen molar-refractivity contribution in [3.63, 3.8) is 0 Å². The van der Waals surface area contributed by atoms with Crippen molar-refractivity contribution >= 4 is 23.2 Å². The van der Waals surface area contributed by atoms with Crippen LogP contribution in [0.4, 0.5) is 11.4 Å². The van der Waals surface area contributed by atoms with E-state index in [-0.39, 0.29) is 18.4 Å². The predicted octanol–water partition coefficient (Wildman–Crippen LogP) is 2.02. The summed E-state index contributed by atoms with van der Waals surface area (Å²) in [6.07, 6.45) is 0. The van der Waals surface area contributed by atoms with Crippen LogP contribution in [0.1, 0.15) is 10.4 Å². The van der Waals surface area contributed by atoms with E-state index < -0.39 is 0 Å². The standard InChI is InChI=1S/C24H29N3O7/c1-30-20-12-16(13-21(31-2)23(20)32-3)24(29)25-17-4-5-19-18(14-17)27(22(28)15-34-19)7-6-26-8-10-33-11-9-26/h4-5,12-14H,6-11,15H2,1-3H3,(H,25,29). The Hall–Kier alpha value is -3.50. The first kappa shape index (κ1) is 23.7. The Morgan fingerprint density at radius 2 is 1.71 bits per heavy atom. The average Bonchev–Trinajstić information content (AvgIpc) is 2.87. The maximum Gasteiger partial charge on any atom is 0.265 e. The fraction of sp³-hybridized carbons (Fsp3) is 0.417. The number of carbonyl (C=O) groups is 2. The molecule has 1 fully saturated rings. The van der Waals surface area contributed by atoms with Crippen LogP contribution in [-0.2, 0) is 9.53 Å². The minimum Gasteiger partial charge on any atom is -0.493 e. The summed E-state index contributed by atoms with van der Waals surface area (Å²) >= 11 is 0. The maximum atomic E-state index is 13.0. The van der Waals surface area contributed by atoms with Crippen LogP contribution in [0.3, 0.4) is 0 Å². The quantitative estimate of drug-likeness (QED) is 0.625. The highest BCUT2D eigenvalue weighted by Gasteiger charge is 2.27. The van der Waals surface area contributed by atoms with E-state index in [0.717, 1.165) is 19.6 Å². The van der Waals surface area contributed by atoms with E-state index in [1.807, 2.05) is 0 Å². The van der Waals surface area contributed by atoms with Crippen molar-refractivity contribution < 1.29 is 33.3 Å². The van der Waals surface area contributed by atoms with Crippen molar-refractivity contribution in [3.8, 4) is 23.0 Å². The highest BCUT2D eigenvalue weighted by Crippen LogP contribution is 2.39. The summed E-state index contributed by atoms with van der Waals surface area (Å²) in [6, 6.07) is 8.41. The smallest absolute Gasteiger partial charge is 0.265 e. The Morgan fingerprint density at radius 1 is 1.00 bits per heavy atom. The van der Waals surface area contributed by atoms with Gasteiger partial charge in [0.15, 0.2) is 18.1 Å². The summed E-state index contributed by atoms with van der Waals surface area (Å²) in [4.78, 5) is 29.6. The molecule has 10 heteroatoms. The number of hydrogen-bond acceptors (Lipinski definition) is 8. The zero-order chi connectivity index (χ0) is 24.1. The Morgan fingerprint density at radius 3 is 2.35 bits per heavy atom. The van der Waals surface area contributed by atoms with E-state index in [1.165, 1.54) is 21.3 Å². The number of rotatable bonds is 8. The molecule has 34 heavy (non-hydrogen) atoms. The SMILES string of the molecule is COc1cc(C(=O)Nc2ccc3c(c2)N(CCN2CCOCC2)C(=O)CO3)cc(OC)c1OC. The minimum atomic E-state index is -0.359. The van der Waals surface area contributed by atoms with Gasteiger partial charge in [-0.3, -0.25) is 14.5 Å². The van der Waals surface area contributed by atoms with E-state index in [0.29, 0.717) is 59.7 Å². The number of amides is 2. The topological polar surface area (TPSA) is 98.8 Å². The van der Waals surface area contributed by atoms with Crippen LogP contribution < -0.4 is 29.2 Å². The molecule has 2 aromatic carbocycles. The van der Waals surface area contributed by atoms with Gasteiger partial charge < -0.3 is 33.9 Å². The van der Waals surface area contributed by atoms with Gasteiger partial charge in [-0.25, -0.2) is 0 Å². The number of fused-ring (bicyclic) bond motifs is 1. The van der Waals surface area contributed by atoms with Gasteiger partial charge in [-0.05, 0) is 30.3 Å². The van der Waals surface area contributed by atoms with Gasteiger partial charge in [-0.2, -0.15) is 0 Å². The van der Waals surface area contributed by atoms with Crippen molar-refractivity contribution in [1.29, 1.82) is 0 Å². The molecule has 2 aliphatic rings. The van der Waals surface area contributed by atoms with Gasteiger partial charge in [0.1, 0.15) is 5.75 Å². The van der Waals surface area contributed by atoms with Crippen molar-refractivity contribution in [2.75, 3.05) is 77.5 Å². The molecule has 2 heterocycles. The molecule has 0 bridgehead atoms. The van der Waals surface area contributed by atoms with E-state index in [9.17, 15) is 9.59 Å². The fourth-order valence-electron chi connectivity index (χ4n) is 4.01. The first-order chi connectivity index (χ1) is 16.5. The second-order valence-electron chi connectivity index (χ2n) is 7.84. The summed E-state index contributed by atoms with van der Waals surface area (Å²) in [5.41, 5.74) is 1.50. The van der Waals surface area contributed by atoms with Gasteiger partial charge in [0.05, 0.1) is 40.2 Å². The Balaban J connectivity index is 1.53. The van der Waals surface area contributed by atoms with Crippen molar-refractivity contribution in [2.24, 2.45) is 0 Å². The van der Waals surface area contributed by atoms with Gasteiger partial charge in [0.25, 0.3) is 11.8 Å². The van der Waals surface area contributed by atoms with Crippen LogP contribution in [0.15, 0.2) is 30.3 Å². The lowest BCUT2D eigenvalue weighted by Crippen LogP contribution is -2.45. The second-order valence-corrected chi connectivity index (χ2v) is 7.84. The van der Waals surface area contributed by atoms with Crippen LogP contribution in [-0.4, -0.2) is 84.0 Å². The Labute approximate surface area is 198 Å². The number of carbonyl (C=O) groups excluding carboxylic acids is 2. The molecule has 1 saturated heterocycles. The third-order valence-corrected chi connectivity index (χ3v) is 5.83. The number of ether oxygens (including phenoxy) is 5. The van der Waals surface area contributed by atoms with Gasteiger partial charge in [0.2, 0.25) is 5.75 Å². The molecule has 0 atom stereocenters. The minimum absolute atomic E-state index is 0.00669. The lowest BCUT2D eigenvalue weighted by molar-refractivity contribution is -0.121. The molecule has 10 nitrogen and oxygen atoms in total. The first-order valence-electron chi connectivity index (χ1n) is 11.0. The number of methoxy groups -OCH3 is 3. The Bertz CT molecular complexity index is 1030. The largest absolute Gasteiger partial charge is 0.493 e. The van der Waals surface area contributed by atoms with Gasteiger partial charge in [-0.15, -0.1) is 0 Å². The van der Waals surface area contributed by atoms with Crippen LogP contribution >= 0.6 is 0 Å². The Kier molecular flexibility index (Phi) is 7.39. The van der Waals surface area contributed by atoms with Crippen LogP contribution in [0.25, 0.3) is 0 Å². The molecule has 2 amide bonds. The van der Waals surface area contributed by atoms with E-state index in [1.54, 1.807) is 35.2 Å². The molecular weight excluding hydrogens is 442 g/mol. The van der Waals surface area contributed by atoms with Gasteiger partial charge >= 0.3 is 0 Å². The third kappa shape index (κ3) is 5.02. The van der Waals surface area contributed by atoms with E-state index in [2.05, 4.69) is 10.2 Å². The zero-order valence-electron chi connectivity index (χ0n) is 19.6. The number of nitrogens with zero attached hydrogens (tertiary/aromatic N) is 2. The monoisotopic (exact) mass is 471 g/mol. The number of nitrogens with one attached hydrogen (secondary N) is 1. The third-order valence-electron chi connectivity index (χ3n) is 5.83. The lowest BCUT2D eigenvalue weighted by Gasteiger charge is -2.33. The molecule has 0 aliphatic carbocycles. The molecule has 0 unspecified atom stereocenters. The number of hydrogen-bond donors (Lipinski definition) is 1. The lowest BCUT2D eigenvalue weighted by atomic mass is 10.1. The van der Waals surface area contributed by atoms with Crippen LogP contribution in [0, 0.1) is 0 Å². The van der Waals surface area contributed by atoms with Crippen LogP contribution in [0.5, 0.6) is 23.0 Å². The summed E-state index contributed by atoms with van der Waals surface area (Å²) in [5.74, 6) is 1.29. The molecule has 0 spiro atoms. The highest BCUT2D eigenvalue weighted by molar-refractivity contribution is 6.06. The summed E-state index contributed by atoms with van der Waals surface area (Å²) in [5, 5.41) is 2.88. The average molecular weight is 472 g/mol. The van der Waals surface area contributed by atoms with E-state index >= 15 is 0 Å². The summed E-state index contributed by atoms with van der Waals surface area (Å²) in [6.45, 7) is 4.34. The first-order valence-corrected chi connectivity index (χ1v) is 11.0. The number of anilines is 2. The molecule has 0 saturated carbocycles. The van der Waals surface area contributed by atoms with Crippen molar-refractivity contribution in [2.45, 2.75) is 0 Å². The molecule has 0 aromatic heterocycles. The molecule has 0 radical (unpaired) electrons. The molecule has 2 aromatic rings. The molecule has 4 rings (SSSR count). The number of morpholine rings is 1. The predicted molar refractivity (Wildman–Crippen MR) is 126 cm³/mol. The molecular formula is C24H29N3O7. The summed E-state index contributed by atoms with van der Waals surface area (Å²) in [7, 11) is 4.48. The molecule has 182 valence electrons. The van der Waals surface area contributed by atoms with Crippen molar-refractivity contribution in [1.82, 2.24) is 4.90 Å². The normalized spacial score (nSPS) is 15.9. The molecule has 1 N–H and O–H groups in total. The molecule has 2 aliphatic heterocycles. The highest BCUT2D eigenvalue weighted by atomic mass is 16.5. The second kappa shape index (κ2) is 10.6. The summed E-state index contributed by atoms with van der Waals surface area (Å²) < 4.78 is 27.0. The number of benzene rings is 2. The van der Waals surface area contributed by atoms with E-state index in [4.69, 9.17) is 23.7 Å². The maximum absolute atomic E-state index is 13.0. The van der Waals surface area contributed by atoms with Gasteiger partial charge in [0, 0.05) is 37.4 Å².